The highest BCUT2D eigenvalue weighted by Gasteiger charge is 2.25. The van der Waals surface area contributed by atoms with Crippen molar-refractivity contribution in [1.82, 2.24) is 4.98 Å². The molecule has 96 valence electrons. The number of nitrogens with one attached hydrogen (secondary N) is 1. The fraction of sp³-hybridized carbons (Fsp3) is 0. The number of aliphatic imine (C=N–C) groups is 1. The normalized spacial score (nSPS) is 15.6. The van der Waals surface area contributed by atoms with Gasteiger partial charge >= 0.3 is 0 Å². The molecule has 0 aliphatic carbocycles. The average Bonchev–Trinajstić information content (AvgIpc) is 3.00. The number of carbonyl (C=O) groups excluding carboxylic acids is 1. The maximum atomic E-state index is 12.0. The third kappa shape index (κ3) is 1.71. The molecule has 0 spiro atoms. The van der Waals surface area contributed by atoms with Crippen molar-refractivity contribution < 1.29 is 4.79 Å². The van der Waals surface area contributed by atoms with Crippen LogP contribution in [0.4, 0.5) is 10.8 Å². The van der Waals surface area contributed by atoms with Gasteiger partial charge in [-0.25, -0.2) is 9.98 Å². The van der Waals surface area contributed by atoms with Gasteiger partial charge in [-0.2, -0.15) is 0 Å². The van der Waals surface area contributed by atoms with E-state index < -0.39 is 0 Å². The highest BCUT2D eigenvalue weighted by Crippen LogP contribution is 2.30. The van der Waals surface area contributed by atoms with E-state index in [2.05, 4.69) is 15.3 Å². The predicted octanol–water partition coefficient (Wildman–Crippen LogP) is 3.37. The summed E-state index contributed by atoms with van der Waals surface area (Å²) in [5.41, 5.74) is 2.97. The number of amides is 1. The number of nitrogens with zero attached hydrogens (tertiary/aromatic N) is 2. The van der Waals surface area contributed by atoms with Crippen LogP contribution < -0.4 is 5.32 Å². The number of thiazole rings is 1. The molecule has 2 heterocycles. The van der Waals surface area contributed by atoms with E-state index in [4.69, 9.17) is 0 Å². The summed E-state index contributed by atoms with van der Waals surface area (Å²) in [6.45, 7) is 0. The number of hydrogen-bond donors (Lipinski definition) is 1. The standard InChI is InChI=1S/C15H9N3OS/c19-14-13(9-5-1-2-6-10(9)16-14)18-15-17-11-7-3-4-8-12(11)20-15/h1-8H,(H,16,17,18,19). The van der Waals surface area contributed by atoms with Crippen LogP contribution in [0, 0.1) is 0 Å². The minimum Gasteiger partial charge on any atom is -0.320 e. The zero-order valence-corrected chi connectivity index (χ0v) is 11.1. The second-order valence-electron chi connectivity index (χ2n) is 4.42. The second kappa shape index (κ2) is 4.25. The van der Waals surface area contributed by atoms with Gasteiger partial charge in [0.2, 0.25) is 5.13 Å². The Kier molecular flexibility index (Phi) is 2.40. The molecule has 0 fully saturated rings. The van der Waals surface area contributed by atoms with E-state index in [0.717, 1.165) is 21.5 Å². The minimum atomic E-state index is -0.176. The summed E-state index contributed by atoms with van der Waals surface area (Å²) in [5, 5.41) is 3.41. The zero-order chi connectivity index (χ0) is 13.5. The lowest BCUT2D eigenvalue weighted by Gasteiger charge is -1.94. The Bertz CT molecular complexity index is 833. The van der Waals surface area contributed by atoms with Crippen LogP contribution in [0.1, 0.15) is 5.56 Å². The van der Waals surface area contributed by atoms with Crippen molar-refractivity contribution in [2.45, 2.75) is 0 Å². The summed E-state index contributed by atoms with van der Waals surface area (Å²) in [6.07, 6.45) is 0. The lowest BCUT2D eigenvalue weighted by atomic mass is 10.1. The van der Waals surface area contributed by atoms with Crippen molar-refractivity contribution in [2.24, 2.45) is 4.99 Å². The lowest BCUT2D eigenvalue weighted by Crippen LogP contribution is -2.13. The summed E-state index contributed by atoms with van der Waals surface area (Å²) in [6, 6.07) is 15.4. The van der Waals surface area contributed by atoms with Gasteiger partial charge in [-0.15, -0.1) is 0 Å². The maximum Gasteiger partial charge on any atom is 0.275 e. The van der Waals surface area contributed by atoms with Gasteiger partial charge in [0, 0.05) is 5.56 Å². The first-order chi connectivity index (χ1) is 9.81. The third-order valence-electron chi connectivity index (χ3n) is 3.14. The van der Waals surface area contributed by atoms with E-state index in [1.54, 1.807) is 0 Å². The van der Waals surface area contributed by atoms with Crippen LogP contribution in [0.25, 0.3) is 10.2 Å². The van der Waals surface area contributed by atoms with Crippen LogP contribution in [0.3, 0.4) is 0 Å². The first kappa shape index (κ1) is 11.3. The van der Waals surface area contributed by atoms with Crippen LogP contribution in [0.15, 0.2) is 53.5 Å². The molecule has 0 atom stereocenters. The van der Waals surface area contributed by atoms with Gasteiger partial charge < -0.3 is 5.32 Å². The first-order valence-corrected chi connectivity index (χ1v) is 6.98. The second-order valence-corrected chi connectivity index (χ2v) is 5.43. The molecule has 1 aromatic heterocycles. The molecule has 4 nitrogen and oxygen atoms in total. The van der Waals surface area contributed by atoms with E-state index in [1.807, 2.05) is 48.5 Å². The molecule has 0 bridgehead atoms. The monoisotopic (exact) mass is 279 g/mol. The molecule has 1 N–H and O–H groups in total. The molecule has 4 rings (SSSR count). The third-order valence-corrected chi connectivity index (χ3v) is 4.07. The van der Waals surface area contributed by atoms with E-state index >= 15 is 0 Å². The summed E-state index contributed by atoms with van der Waals surface area (Å²) < 4.78 is 1.07. The first-order valence-electron chi connectivity index (χ1n) is 6.16. The molecular weight excluding hydrogens is 270 g/mol. The van der Waals surface area contributed by atoms with Gasteiger partial charge in [0.1, 0.15) is 5.71 Å². The van der Waals surface area contributed by atoms with Crippen molar-refractivity contribution in [1.29, 1.82) is 0 Å². The Morgan fingerprint density at radius 3 is 2.75 bits per heavy atom. The van der Waals surface area contributed by atoms with Crippen LogP contribution in [-0.2, 0) is 4.79 Å². The molecule has 5 heteroatoms. The number of hydrogen-bond acceptors (Lipinski definition) is 4. The Morgan fingerprint density at radius 1 is 1.05 bits per heavy atom. The number of benzene rings is 2. The molecule has 1 aliphatic heterocycles. The minimum absolute atomic E-state index is 0.176. The van der Waals surface area contributed by atoms with Gasteiger partial charge in [-0.05, 0) is 18.2 Å². The summed E-state index contributed by atoms with van der Waals surface area (Å²) in [7, 11) is 0. The molecule has 3 aromatic rings. The highest BCUT2D eigenvalue weighted by molar-refractivity contribution is 7.22. The quantitative estimate of drug-likeness (QED) is 0.742. The topological polar surface area (TPSA) is 54.4 Å². The molecule has 1 amide bonds. The molecule has 0 unspecified atom stereocenters. The molecule has 0 saturated carbocycles. The molecule has 1 aliphatic rings. The highest BCUT2D eigenvalue weighted by atomic mass is 32.1. The van der Waals surface area contributed by atoms with Crippen molar-refractivity contribution in [3.8, 4) is 0 Å². The van der Waals surface area contributed by atoms with Gasteiger partial charge in [0.05, 0.1) is 15.9 Å². The summed E-state index contributed by atoms with van der Waals surface area (Å²) in [4.78, 5) is 20.8. The Balaban J connectivity index is 1.85. The average molecular weight is 279 g/mol. The van der Waals surface area contributed by atoms with Crippen molar-refractivity contribution in [3.63, 3.8) is 0 Å². The largest absolute Gasteiger partial charge is 0.320 e. The number of anilines is 1. The molecule has 2 aromatic carbocycles. The summed E-state index contributed by atoms with van der Waals surface area (Å²) in [5.74, 6) is -0.176. The summed E-state index contributed by atoms with van der Waals surface area (Å²) >= 11 is 1.48. The number of carbonyl (C=O) groups is 1. The van der Waals surface area contributed by atoms with Gasteiger partial charge in [0.15, 0.2) is 0 Å². The van der Waals surface area contributed by atoms with E-state index in [0.29, 0.717) is 10.8 Å². The van der Waals surface area contributed by atoms with Gasteiger partial charge in [0.25, 0.3) is 5.91 Å². The predicted molar refractivity (Wildman–Crippen MR) is 80.9 cm³/mol. The van der Waals surface area contributed by atoms with Crippen LogP contribution in [0.5, 0.6) is 0 Å². The SMILES string of the molecule is O=C1Nc2ccccc2/C1=N/c1nc2ccccc2s1. The van der Waals surface area contributed by atoms with Crippen LogP contribution >= 0.6 is 11.3 Å². The fourth-order valence-corrected chi connectivity index (χ4v) is 3.06. The lowest BCUT2D eigenvalue weighted by molar-refractivity contribution is -0.110. The maximum absolute atomic E-state index is 12.0. The number of fused-ring (bicyclic) bond motifs is 2. The van der Waals surface area contributed by atoms with Crippen molar-refractivity contribution >= 4 is 44.0 Å². The molecule has 0 saturated heterocycles. The van der Waals surface area contributed by atoms with Crippen molar-refractivity contribution in [3.05, 3.63) is 54.1 Å². The zero-order valence-electron chi connectivity index (χ0n) is 10.3. The molecule has 0 radical (unpaired) electrons. The van der Waals surface area contributed by atoms with Gasteiger partial charge in [-0.1, -0.05) is 41.7 Å². The number of rotatable bonds is 1. The van der Waals surface area contributed by atoms with Gasteiger partial charge in [-0.3, -0.25) is 4.79 Å². The Morgan fingerprint density at radius 2 is 1.85 bits per heavy atom. The van der Waals surface area contributed by atoms with Crippen LogP contribution in [0.2, 0.25) is 0 Å². The Hall–Kier alpha value is -2.53. The van der Waals surface area contributed by atoms with E-state index in [1.165, 1.54) is 11.3 Å². The Labute approximate surface area is 118 Å². The molecule has 20 heavy (non-hydrogen) atoms. The van der Waals surface area contributed by atoms with Crippen molar-refractivity contribution in [2.75, 3.05) is 5.32 Å². The number of para-hydroxylation sites is 2. The smallest absolute Gasteiger partial charge is 0.275 e. The molecular formula is C15H9N3OS. The van der Waals surface area contributed by atoms with E-state index in [-0.39, 0.29) is 5.91 Å². The van der Waals surface area contributed by atoms with E-state index in [9.17, 15) is 4.79 Å². The number of aromatic nitrogens is 1. The fourth-order valence-electron chi connectivity index (χ4n) is 2.22. The van der Waals surface area contributed by atoms with Crippen LogP contribution in [-0.4, -0.2) is 16.6 Å².